The molecule has 0 aliphatic heterocycles. The Kier molecular flexibility index (Phi) is 23.7. The van der Waals surface area contributed by atoms with Gasteiger partial charge in [0.05, 0.1) is 71.2 Å². The summed E-state index contributed by atoms with van der Waals surface area (Å²) < 4.78 is 71.8. The van der Waals surface area contributed by atoms with Gasteiger partial charge < -0.3 is 33.6 Å². The normalized spacial score (nSPS) is 10.9. The van der Waals surface area contributed by atoms with E-state index in [1.807, 2.05) is 55.4 Å². The molecule has 0 spiro atoms. The number of nitrogen functional groups attached to an aromatic ring is 2. The van der Waals surface area contributed by atoms with Crippen LogP contribution in [-0.4, -0.2) is 139 Å². The summed E-state index contributed by atoms with van der Waals surface area (Å²) in [6, 6.07) is 27.6. The number of thioether (sulfide) groups is 4. The van der Waals surface area contributed by atoms with E-state index in [1.165, 1.54) is 76.4 Å². The number of H-pyrrole nitrogens is 1. The Morgan fingerprint density at radius 3 is 1.58 bits per heavy atom. The van der Waals surface area contributed by atoms with Crippen LogP contribution in [0.1, 0.15) is 29.1 Å². The smallest absolute Gasteiger partial charge is 0.314 e. The van der Waals surface area contributed by atoms with Gasteiger partial charge in [0.1, 0.15) is 16.0 Å². The minimum atomic E-state index is -3.53. The fraction of sp³-hybridized carbons (Fsp3) is 0.121. The quantitative estimate of drug-likeness (QED) is 0.0650. The van der Waals surface area contributed by atoms with Crippen LogP contribution in [-0.2, 0) is 16.3 Å². The van der Waals surface area contributed by atoms with Crippen molar-refractivity contribution < 1.29 is 39.7 Å². The number of nitrogens with one attached hydrogen (secondary N) is 1. The maximum Gasteiger partial charge on any atom is 0.314 e. The third kappa shape index (κ3) is 17.1. The topological polar surface area (TPSA) is 382 Å². The van der Waals surface area contributed by atoms with Crippen LogP contribution in [0.5, 0.6) is 0 Å². The molecule has 15 aromatic rings. The molecule has 0 bridgehead atoms. The number of hydrogen-bond acceptors (Lipinski definition) is 27. The predicted octanol–water partition coefficient (Wildman–Crippen LogP) is 12.4. The van der Waals surface area contributed by atoms with Gasteiger partial charge in [-0.15, -0.1) is 23.5 Å². The Morgan fingerprint density at radius 1 is 0.568 bits per heavy atom. The van der Waals surface area contributed by atoms with Crippen LogP contribution in [0.15, 0.2) is 211 Å². The molecule has 0 saturated heterocycles. The first-order valence-electron chi connectivity index (χ1n) is 26.7. The van der Waals surface area contributed by atoms with Crippen LogP contribution in [0.2, 0.25) is 0 Å². The summed E-state index contributed by atoms with van der Waals surface area (Å²) >= 11 is 12.5. The molecular weight excluding hydrogens is 1460 g/mol. The molecule has 1 aromatic carbocycles. The summed E-state index contributed by atoms with van der Waals surface area (Å²) in [6.07, 6.45) is 24.9. The number of sulfone groups is 1. The standard InChI is InChI=1S/C16H12FN5O.C10H7BrN4O3S.C10H7BrN4OS.C10H8N4OS.C8H9NO2S2.C3H5N3.CH4/c17-12-5-2-1-4-10(12)8-11-9-19-22-14(11)20-16(18)21-15(22)13-6-3-7-23-13;1-19(16,17)10-13-8-6(11)5-12-15(8)9(14-10)7-3-2-4-18-7;1-17-10-13-8-6(11)5-12-15(8)9(14-10)7-3-2-4-16-7;1-16-10-12-8-4-5-11-14(8)9(13-10)7-3-2-6-15-7;1-12-8(13-2)9-7(10)6-4-3-5-11-6;4-3-1-2-5-6-3;/h1-7,9H,8H2,(H2,18,20);2-5H,1H3;2-5H,1H3;2-6H,1H3;3-5H,1-2H3;1-2H,(H3,4,5,6);1H4. The molecule has 14 aromatic heterocycles. The largest absolute Gasteiger partial charge is 0.461 e. The Bertz CT molecular complexity index is 5080. The number of carbonyl (C=O) groups is 1. The number of carbonyl (C=O) groups excluding carboxylic acids is 1. The average Bonchev–Trinajstić information content (AvgIpc) is 1.71. The van der Waals surface area contributed by atoms with Crippen LogP contribution in [0.3, 0.4) is 0 Å². The molecule has 488 valence electrons. The Labute approximate surface area is 571 Å². The number of aromatic amines is 1. The zero-order chi connectivity index (χ0) is 66.3. The highest BCUT2D eigenvalue weighted by molar-refractivity contribution is 9.11. The number of aliphatic imine (C=N–C) groups is 1. The van der Waals surface area contributed by atoms with Crippen molar-refractivity contribution in [3.05, 3.63) is 191 Å². The number of benzene rings is 1. The van der Waals surface area contributed by atoms with Gasteiger partial charge in [0.25, 0.3) is 5.16 Å². The van der Waals surface area contributed by atoms with E-state index >= 15 is 0 Å². The zero-order valence-corrected chi connectivity index (χ0v) is 56.6. The number of rotatable bonds is 10. The molecule has 0 unspecified atom stereocenters. The van der Waals surface area contributed by atoms with Gasteiger partial charge in [0.2, 0.25) is 39.1 Å². The maximum atomic E-state index is 13.9. The first-order chi connectivity index (χ1) is 45.5. The van der Waals surface area contributed by atoms with E-state index in [1.54, 1.807) is 118 Å². The lowest BCUT2D eigenvalue weighted by Crippen LogP contribution is -2.09. The van der Waals surface area contributed by atoms with Gasteiger partial charge in [-0.2, -0.15) is 78.5 Å². The maximum absolute atomic E-state index is 13.9. The van der Waals surface area contributed by atoms with E-state index in [-0.39, 0.29) is 41.8 Å². The van der Waals surface area contributed by atoms with Crippen LogP contribution in [0, 0.1) is 5.82 Å². The van der Waals surface area contributed by atoms with Crippen molar-refractivity contribution >= 4 is 133 Å². The first-order valence-corrected chi connectivity index (χ1v) is 35.1. The minimum absolute atomic E-state index is 0. The van der Waals surface area contributed by atoms with Crippen molar-refractivity contribution in [3.8, 4) is 46.3 Å². The number of aromatic nitrogens is 18. The van der Waals surface area contributed by atoms with Gasteiger partial charge in [-0.25, -0.2) is 22.8 Å². The summed E-state index contributed by atoms with van der Waals surface area (Å²) in [5.74, 6) is 4.75. The van der Waals surface area contributed by atoms with Gasteiger partial charge in [-0.05, 0) is 135 Å². The van der Waals surface area contributed by atoms with Crippen molar-refractivity contribution in [2.45, 2.75) is 29.3 Å². The highest BCUT2D eigenvalue weighted by Gasteiger charge is 2.22. The second kappa shape index (κ2) is 32.4. The Morgan fingerprint density at radius 2 is 1.08 bits per heavy atom. The van der Waals surface area contributed by atoms with E-state index < -0.39 is 9.84 Å². The molecule has 0 aliphatic rings. The van der Waals surface area contributed by atoms with Crippen LogP contribution in [0.25, 0.3) is 68.9 Å². The van der Waals surface area contributed by atoms with E-state index in [4.69, 9.17) is 33.6 Å². The molecule has 0 atom stereocenters. The van der Waals surface area contributed by atoms with Crippen molar-refractivity contribution in [1.82, 2.24) is 88.5 Å². The lowest BCUT2D eigenvalue weighted by atomic mass is 10.1. The SMILES string of the molecule is C.CS(=O)(=O)c1nc(-c2ccco2)n2ncc(Br)c2n1.CSC(=NC(=O)c1ccco1)SC.CSc1nc(-c2ccco2)n2ncc(Br)c2n1.CSc1nc(-c2ccco2)n2nccc2n1.Nc1ccn[nH]1.Nc1nc(-c2ccco2)n2ncc(Cc3ccccc3F)c2n1. The molecule has 0 radical (unpaired) electrons. The summed E-state index contributed by atoms with van der Waals surface area (Å²) in [5, 5.41) is 24.0. The van der Waals surface area contributed by atoms with Crippen LogP contribution < -0.4 is 11.5 Å². The van der Waals surface area contributed by atoms with Gasteiger partial charge in [-0.3, -0.25) is 9.89 Å². The van der Waals surface area contributed by atoms with Crippen molar-refractivity contribution in [2.75, 3.05) is 42.7 Å². The number of hydrogen-bond donors (Lipinski definition) is 3. The van der Waals surface area contributed by atoms with Crippen molar-refractivity contribution in [1.29, 1.82) is 0 Å². The van der Waals surface area contributed by atoms with Gasteiger partial charge >= 0.3 is 5.91 Å². The molecule has 1 amide bonds. The van der Waals surface area contributed by atoms with E-state index in [0.717, 1.165) is 32.0 Å². The Balaban J connectivity index is 0.000000137. The van der Waals surface area contributed by atoms with Crippen LogP contribution >= 0.6 is 78.9 Å². The first kappa shape index (κ1) is 69.5. The van der Waals surface area contributed by atoms with Crippen molar-refractivity contribution in [3.63, 3.8) is 0 Å². The number of anilines is 2. The monoisotopic (exact) mass is 1510 g/mol. The Hall–Kier alpha value is -9.79. The third-order valence-corrected chi connectivity index (χ3v) is 17.0. The van der Waals surface area contributed by atoms with E-state index in [0.29, 0.717) is 84.4 Å². The molecule has 0 saturated carbocycles. The number of nitrogens with zero attached hydrogens (tertiary/aromatic N) is 18. The molecule has 5 N–H and O–H groups in total. The highest BCUT2D eigenvalue weighted by Crippen LogP contribution is 2.28. The van der Waals surface area contributed by atoms with Crippen molar-refractivity contribution in [2.24, 2.45) is 4.99 Å². The summed E-state index contributed by atoms with van der Waals surface area (Å²) in [7, 11) is -3.53. The second-order valence-electron chi connectivity index (χ2n) is 18.3. The van der Waals surface area contributed by atoms with Gasteiger partial charge in [-0.1, -0.05) is 49.1 Å². The molecule has 37 heteroatoms. The average molecular weight is 1510 g/mol. The predicted molar refractivity (Wildman–Crippen MR) is 367 cm³/mol. The molecule has 0 aliphatic carbocycles. The lowest BCUT2D eigenvalue weighted by molar-refractivity contribution is 0.0977. The number of nitrogens with two attached hydrogens (primary N) is 2. The van der Waals surface area contributed by atoms with Crippen LogP contribution in [0.4, 0.5) is 16.2 Å². The molecular formula is C58H52Br2FN21O8S5. The molecule has 95 heavy (non-hydrogen) atoms. The lowest BCUT2D eigenvalue weighted by Gasteiger charge is -2.04. The van der Waals surface area contributed by atoms with Gasteiger partial charge in [0, 0.05) is 24.3 Å². The van der Waals surface area contributed by atoms with Gasteiger partial charge in [0.15, 0.2) is 61.7 Å². The summed E-state index contributed by atoms with van der Waals surface area (Å²) in [6.45, 7) is 0. The number of amides is 1. The molecule has 0 fully saturated rings. The highest BCUT2D eigenvalue weighted by atomic mass is 79.9. The fourth-order valence-electron chi connectivity index (χ4n) is 7.97. The van der Waals surface area contributed by atoms with E-state index in [9.17, 15) is 17.6 Å². The minimum Gasteiger partial charge on any atom is -0.461 e. The summed E-state index contributed by atoms with van der Waals surface area (Å²) in [4.78, 5) is 49.1. The second-order valence-corrected chi connectivity index (χ2v) is 25.3. The third-order valence-electron chi connectivity index (χ3n) is 12.1. The number of fused-ring (bicyclic) bond motifs is 4. The zero-order valence-electron chi connectivity index (χ0n) is 49.4. The number of halogens is 3. The fourth-order valence-corrected chi connectivity index (χ4v) is 10.9. The number of furan rings is 5. The molecule has 14 heterocycles. The van der Waals surface area contributed by atoms with E-state index in [2.05, 4.69) is 107 Å². The summed E-state index contributed by atoms with van der Waals surface area (Å²) in [5.41, 5.74) is 14.7. The molecule has 29 nitrogen and oxygen atoms in total. The molecule has 15 rings (SSSR count).